The zero-order valence-corrected chi connectivity index (χ0v) is 10.5. The summed E-state index contributed by atoms with van der Waals surface area (Å²) in [6, 6.07) is -0.371. The van der Waals surface area contributed by atoms with Crippen LogP contribution in [-0.2, 0) is 4.79 Å². The lowest BCUT2D eigenvalue weighted by Gasteiger charge is -2.29. The van der Waals surface area contributed by atoms with E-state index in [1.807, 2.05) is 13.8 Å². The number of hydrogen-bond donors (Lipinski definition) is 3. The fourth-order valence-corrected chi connectivity index (χ4v) is 2.14. The Morgan fingerprint density at radius 1 is 1.35 bits per heavy atom. The third-order valence-corrected chi connectivity index (χ3v) is 3.39. The highest BCUT2D eigenvalue weighted by atomic mass is 16.4. The van der Waals surface area contributed by atoms with E-state index in [9.17, 15) is 9.59 Å². The van der Waals surface area contributed by atoms with Crippen molar-refractivity contribution in [2.24, 2.45) is 5.92 Å². The number of carbonyl (C=O) groups is 2. The molecule has 3 unspecified atom stereocenters. The Balaban J connectivity index is 2.47. The first-order chi connectivity index (χ1) is 8.04. The van der Waals surface area contributed by atoms with Gasteiger partial charge in [0, 0.05) is 12.1 Å². The van der Waals surface area contributed by atoms with Crippen LogP contribution >= 0.6 is 0 Å². The predicted molar refractivity (Wildman–Crippen MR) is 64.8 cm³/mol. The van der Waals surface area contributed by atoms with E-state index in [-0.39, 0.29) is 18.1 Å². The molecule has 0 aromatic heterocycles. The molecule has 1 rings (SSSR count). The summed E-state index contributed by atoms with van der Waals surface area (Å²) in [6.07, 6.45) is 4.19. The number of hydrogen-bond acceptors (Lipinski definition) is 2. The molecule has 0 heterocycles. The molecule has 2 amide bonds. The number of carboxylic acid groups (broad SMARTS) is 1. The van der Waals surface area contributed by atoms with Crippen molar-refractivity contribution in [3.05, 3.63) is 0 Å². The lowest BCUT2D eigenvalue weighted by atomic mass is 9.84. The van der Waals surface area contributed by atoms with E-state index < -0.39 is 11.9 Å². The molecule has 0 aliphatic heterocycles. The van der Waals surface area contributed by atoms with Crippen molar-refractivity contribution in [3.8, 4) is 0 Å². The standard InChI is InChI=1S/C12H22N2O3/c1-3-8(2)13-12(17)14-10-7-5-4-6-9(10)11(15)16/h8-10H,3-7H2,1-2H3,(H,15,16)(H2,13,14,17). The molecule has 3 N–H and O–H groups in total. The van der Waals surface area contributed by atoms with Gasteiger partial charge in [-0.05, 0) is 26.2 Å². The average molecular weight is 242 g/mol. The van der Waals surface area contributed by atoms with Crippen molar-refractivity contribution in [1.82, 2.24) is 10.6 Å². The normalized spacial score (nSPS) is 26.0. The number of nitrogens with one attached hydrogen (secondary N) is 2. The number of urea groups is 1. The third kappa shape index (κ3) is 4.24. The second-order valence-corrected chi connectivity index (χ2v) is 4.76. The Bertz CT molecular complexity index is 281. The molecular formula is C12H22N2O3. The van der Waals surface area contributed by atoms with Gasteiger partial charge in [-0.2, -0.15) is 0 Å². The molecule has 1 fully saturated rings. The molecule has 5 heteroatoms. The Hall–Kier alpha value is -1.26. The molecule has 0 bridgehead atoms. The molecule has 98 valence electrons. The summed E-state index contributed by atoms with van der Waals surface area (Å²) in [5.74, 6) is -1.25. The molecule has 0 aromatic rings. The number of carbonyl (C=O) groups excluding carboxylic acids is 1. The average Bonchev–Trinajstić information content (AvgIpc) is 2.29. The van der Waals surface area contributed by atoms with E-state index in [4.69, 9.17) is 5.11 Å². The zero-order chi connectivity index (χ0) is 12.8. The zero-order valence-electron chi connectivity index (χ0n) is 10.5. The van der Waals surface area contributed by atoms with E-state index in [0.717, 1.165) is 25.7 Å². The van der Waals surface area contributed by atoms with Crippen molar-refractivity contribution >= 4 is 12.0 Å². The Morgan fingerprint density at radius 2 is 2.00 bits per heavy atom. The largest absolute Gasteiger partial charge is 0.481 e. The van der Waals surface area contributed by atoms with Crippen LogP contribution in [0.25, 0.3) is 0 Å². The van der Waals surface area contributed by atoms with Crippen molar-refractivity contribution in [2.45, 2.75) is 58.0 Å². The molecule has 5 nitrogen and oxygen atoms in total. The van der Waals surface area contributed by atoms with Gasteiger partial charge in [-0.25, -0.2) is 4.79 Å². The van der Waals surface area contributed by atoms with E-state index >= 15 is 0 Å². The van der Waals surface area contributed by atoms with E-state index in [2.05, 4.69) is 10.6 Å². The van der Waals surface area contributed by atoms with Crippen LogP contribution in [0.1, 0.15) is 46.0 Å². The number of rotatable bonds is 4. The van der Waals surface area contributed by atoms with Gasteiger partial charge >= 0.3 is 12.0 Å². The summed E-state index contributed by atoms with van der Waals surface area (Å²) in [4.78, 5) is 22.7. The van der Waals surface area contributed by atoms with Gasteiger partial charge in [-0.1, -0.05) is 19.8 Å². The Labute approximate surface area is 102 Å². The quantitative estimate of drug-likeness (QED) is 0.702. The maximum Gasteiger partial charge on any atom is 0.315 e. The van der Waals surface area contributed by atoms with E-state index in [0.29, 0.717) is 6.42 Å². The number of aliphatic carboxylic acids is 1. The first kappa shape index (κ1) is 13.8. The second kappa shape index (κ2) is 6.47. The van der Waals surface area contributed by atoms with Crippen LogP contribution in [0.4, 0.5) is 4.79 Å². The van der Waals surface area contributed by atoms with Crippen LogP contribution in [0, 0.1) is 5.92 Å². The number of carboxylic acids is 1. The molecule has 0 saturated heterocycles. The van der Waals surface area contributed by atoms with Gasteiger partial charge in [-0.15, -0.1) is 0 Å². The minimum absolute atomic E-state index is 0.113. The smallest absolute Gasteiger partial charge is 0.315 e. The molecule has 3 atom stereocenters. The second-order valence-electron chi connectivity index (χ2n) is 4.76. The summed E-state index contributed by atoms with van der Waals surface area (Å²) < 4.78 is 0. The van der Waals surface area contributed by atoms with Gasteiger partial charge in [-0.3, -0.25) is 4.79 Å². The van der Waals surface area contributed by atoms with Crippen LogP contribution < -0.4 is 10.6 Å². The third-order valence-electron chi connectivity index (χ3n) is 3.39. The maximum atomic E-state index is 11.6. The first-order valence-corrected chi connectivity index (χ1v) is 6.34. The summed E-state index contributed by atoms with van der Waals surface area (Å²) in [7, 11) is 0. The van der Waals surface area contributed by atoms with Crippen molar-refractivity contribution < 1.29 is 14.7 Å². The highest BCUT2D eigenvalue weighted by molar-refractivity contribution is 5.77. The van der Waals surface area contributed by atoms with Crippen LogP contribution in [0.3, 0.4) is 0 Å². The summed E-state index contributed by atoms with van der Waals surface area (Å²) in [5, 5.41) is 14.7. The highest BCUT2D eigenvalue weighted by Crippen LogP contribution is 2.24. The van der Waals surface area contributed by atoms with Crippen molar-refractivity contribution in [3.63, 3.8) is 0 Å². The van der Waals surface area contributed by atoms with Gasteiger partial charge < -0.3 is 15.7 Å². The van der Waals surface area contributed by atoms with Crippen molar-refractivity contribution in [2.75, 3.05) is 0 Å². The molecule has 1 saturated carbocycles. The fourth-order valence-electron chi connectivity index (χ4n) is 2.14. The first-order valence-electron chi connectivity index (χ1n) is 6.34. The minimum atomic E-state index is -0.807. The minimum Gasteiger partial charge on any atom is -0.481 e. The van der Waals surface area contributed by atoms with Gasteiger partial charge in [0.25, 0.3) is 0 Å². The fraction of sp³-hybridized carbons (Fsp3) is 0.833. The molecular weight excluding hydrogens is 220 g/mol. The van der Waals surface area contributed by atoms with Gasteiger partial charge in [0.2, 0.25) is 0 Å². The molecule has 17 heavy (non-hydrogen) atoms. The molecule has 0 spiro atoms. The maximum absolute atomic E-state index is 11.6. The summed E-state index contributed by atoms with van der Waals surface area (Å²) in [5.41, 5.74) is 0. The predicted octanol–water partition coefficient (Wildman–Crippen LogP) is 1.73. The summed E-state index contributed by atoms with van der Waals surface area (Å²) >= 11 is 0. The highest BCUT2D eigenvalue weighted by Gasteiger charge is 2.31. The van der Waals surface area contributed by atoms with Crippen LogP contribution in [0.2, 0.25) is 0 Å². The summed E-state index contributed by atoms with van der Waals surface area (Å²) in [6.45, 7) is 3.92. The van der Waals surface area contributed by atoms with Crippen LogP contribution in [0.5, 0.6) is 0 Å². The monoisotopic (exact) mass is 242 g/mol. The molecule has 0 radical (unpaired) electrons. The molecule has 1 aliphatic rings. The van der Waals surface area contributed by atoms with Gasteiger partial charge in [0.1, 0.15) is 0 Å². The Kier molecular flexibility index (Phi) is 5.25. The van der Waals surface area contributed by atoms with Gasteiger partial charge in [0.05, 0.1) is 5.92 Å². The Morgan fingerprint density at radius 3 is 2.59 bits per heavy atom. The van der Waals surface area contributed by atoms with Gasteiger partial charge in [0.15, 0.2) is 0 Å². The molecule has 0 aromatic carbocycles. The molecule has 1 aliphatic carbocycles. The lowest BCUT2D eigenvalue weighted by molar-refractivity contribution is -0.143. The van der Waals surface area contributed by atoms with E-state index in [1.54, 1.807) is 0 Å². The SMILES string of the molecule is CCC(C)NC(=O)NC1CCCCC1C(=O)O. The van der Waals surface area contributed by atoms with Crippen molar-refractivity contribution in [1.29, 1.82) is 0 Å². The van der Waals surface area contributed by atoms with Crippen LogP contribution in [-0.4, -0.2) is 29.2 Å². The van der Waals surface area contributed by atoms with E-state index in [1.165, 1.54) is 0 Å². The number of amides is 2. The topological polar surface area (TPSA) is 78.4 Å². The van der Waals surface area contributed by atoms with Crippen LogP contribution in [0.15, 0.2) is 0 Å². The lowest BCUT2D eigenvalue weighted by Crippen LogP contribution is -2.50.